The Morgan fingerprint density at radius 3 is 2.00 bits per heavy atom. The highest BCUT2D eigenvalue weighted by Gasteiger charge is 2.55. The van der Waals surface area contributed by atoms with Gasteiger partial charge < -0.3 is 14.2 Å². The highest BCUT2D eigenvalue weighted by molar-refractivity contribution is 6.31. The number of esters is 3. The first-order valence-corrected chi connectivity index (χ1v) is 7.58. The van der Waals surface area contributed by atoms with Crippen molar-refractivity contribution in [1.82, 2.24) is 5.32 Å². The van der Waals surface area contributed by atoms with Crippen molar-refractivity contribution in [3.05, 3.63) is 34.9 Å². The van der Waals surface area contributed by atoms with Gasteiger partial charge in [0.25, 0.3) is 0 Å². The molecule has 8 heteroatoms. The van der Waals surface area contributed by atoms with Gasteiger partial charge in [0, 0.05) is 11.1 Å². The lowest BCUT2D eigenvalue weighted by molar-refractivity contribution is -0.159. The minimum Gasteiger partial charge on any atom is -0.469 e. The van der Waals surface area contributed by atoms with E-state index >= 15 is 0 Å². The number of rotatable bonds is 4. The minimum atomic E-state index is -1.09. The van der Waals surface area contributed by atoms with Gasteiger partial charge in [-0.15, -0.1) is 0 Å². The smallest absolute Gasteiger partial charge is 0.323 e. The summed E-state index contributed by atoms with van der Waals surface area (Å²) in [5.41, 5.74) is 0.579. The number of ether oxygens (including phenoxy) is 3. The van der Waals surface area contributed by atoms with Crippen molar-refractivity contribution in [3.63, 3.8) is 0 Å². The van der Waals surface area contributed by atoms with E-state index in [1.54, 1.807) is 24.3 Å². The van der Waals surface area contributed by atoms with E-state index < -0.39 is 41.8 Å². The van der Waals surface area contributed by atoms with Crippen LogP contribution in [0.4, 0.5) is 0 Å². The average Bonchev–Trinajstić information content (AvgIpc) is 3.00. The predicted molar refractivity (Wildman–Crippen MR) is 84.1 cm³/mol. The number of hydrogen-bond donors (Lipinski definition) is 1. The van der Waals surface area contributed by atoms with Crippen LogP contribution in [0.3, 0.4) is 0 Å². The summed E-state index contributed by atoms with van der Waals surface area (Å²) < 4.78 is 14.3. The van der Waals surface area contributed by atoms with Gasteiger partial charge in [0.15, 0.2) is 0 Å². The molecule has 4 atom stereocenters. The number of carbonyl (C=O) groups is 3. The van der Waals surface area contributed by atoms with Crippen LogP contribution in [0.15, 0.2) is 24.3 Å². The van der Waals surface area contributed by atoms with Crippen molar-refractivity contribution in [3.8, 4) is 0 Å². The molecule has 0 radical (unpaired) electrons. The second kappa shape index (κ2) is 7.63. The molecule has 130 valence electrons. The van der Waals surface area contributed by atoms with E-state index in [0.29, 0.717) is 10.6 Å². The molecule has 1 aromatic rings. The molecule has 1 heterocycles. The Hall–Kier alpha value is -2.12. The zero-order chi connectivity index (χ0) is 17.9. The SMILES string of the molecule is COC(=O)[C@@H]1[C@H](C(=O)OC)[C@H](c2ccccc2Cl)N[C@@H]1C(=O)OC. The van der Waals surface area contributed by atoms with Crippen LogP contribution in [0.5, 0.6) is 0 Å². The van der Waals surface area contributed by atoms with E-state index in [1.165, 1.54) is 21.3 Å². The fourth-order valence-electron chi connectivity index (χ4n) is 3.01. The standard InChI is InChI=1S/C16H18ClNO6/c1-22-14(19)10-11(15(20)23-2)13(16(21)24-3)18-12(10)8-6-4-5-7-9(8)17/h4-7,10-13,18H,1-3H3/t10-,11+,12-,13-/m0/s1. The van der Waals surface area contributed by atoms with Gasteiger partial charge >= 0.3 is 17.9 Å². The van der Waals surface area contributed by atoms with Crippen molar-refractivity contribution in [2.24, 2.45) is 11.8 Å². The zero-order valence-corrected chi connectivity index (χ0v) is 14.2. The third-order valence-corrected chi connectivity index (χ3v) is 4.45. The Morgan fingerprint density at radius 1 is 0.917 bits per heavy atom. The normalized spacial score (nSPS) is 25.8. The zero-order valence-electron chi connectivity index (χ0n) is 13.4. The monoisotopic (exact) mass is 355 g/mol. The molecule has 2 rings (SSSR count). The van der Waals surface area contributed by atoms with E-state index in [9.17, 15) is 14.4 Å². The minimum absolute atomic E-state index is 0.401. The molecular formula is C16H18ClNO6. The number of nitrogens with one attached hydrogen (secondary N) is 1. The molecule has 0 saturated carbocycles. The first-order chi connectivity index (χ1) is 11.5. The summed E-state index contributed by atoms with van der Waals surface area (Å²) in [6.07, 6.45) is 0. The lowest BCUT2D eigenvalue weighted by Crippen LogP contribution is -2.42. The molecule has 1 fully saturated rings. The molecule has 1 aliphatic rings. The van der Waals surface area contributed by atoms with Crippen LogP contribution in [-0.2, 0) is 28.6 Å². The van der Waals surface area contributed by atoms with Crippen molar-refractivity contribution in [2.45, 2.75) is 12.1 Å². The Kier molecular flexibility index (Phi) is 5.80. The third-order valence-electron chi connectivity index (χ3n) is 4.11. The summed E-state index contributed by atoms with van der Waals surface area (Å²) in [5, 5.41) is 3.37. The molecule has 0 unspecified atom stereocenters. The van der Waals surface area contributed by atoms with Crippen molar-refractivity contribution in [2.75, 3.05) is 21.3 Å². The van der Waals surface area contributed by atoms with Crippen LogP contribution in [-0.4, -0.2) is 45.3 Å². The molecule has 1 saturated heterocycles. The second-order valence-corrected chi connectivity index (χ2v) is 5.67. The van der Waals surface area contributed by atoms with Crippen LogP contribution in [0.2, 0.25) is 5.02 Å². The van der Waals surface area contributed by atoms with Gasteiger partial charge in [0.1, 0.15) is 6.04 Å². The maximum Gasteiger partial charge on any atom is 0.323 e. The Morgan fingerprint density at radius 2 is 1.46 bits per heavy atom. The van der Waals surface area contributed by atoms with Crippen molar-refractivity contribution >= 4 is 29.5 Å². The van der Waals surface area contributed by atoms with E-state index in [2.05, 4.69) is 5.32 Å². The summed E-state index contributed by atoms with van der Waals surface area (Å²) in [5.74, 6) is -4.09. The molecule has 1 N–H and O–H groups in total. The summed E-state index contributed by atoms with van der Waals surface area (Å²) in [6.45, 7) is 0. The van der Waals surface area contributed by atoms with E-state index in [4.69, 9.17) is 25.8 Å². The summed E-state index contributed by atoms with van der Waals surface area (Å²) in [7, 11) is 3.61. The summed E-state index contributed by atoms with van der Waals surface area (Å²) >= 11 is 6.22. The number of benzene rings is 1. The first kappa shape index (κ1) is 18.2. The highest BCUT2D eigenvalue weighted by atomic mass is 35.5. The highest BCUT2D eigenvalue weighted by Crippen LogP contribution is 2.41. The maximum atomic E-state index is 12.3. The molecule has 7 nitrogen and oxygen atoms in total. The van der Waals surface area contributed by atoms with E-state index in [0.717, 1.165) is 0 Å². The van der Waals surface area contributed by atoms with Gasteiger partial charge in [-0.3, -0.25) is 19.7 Å². The number of halogens is 1. The van der Waals surface area contributed by atoms with Gasteiger partial charge in [-0.2, -0.15) is 0 Å². The lowest BCUT2D eigenvalue weighted by Gasteiger charge is -2.21. The fourth-order valence-corrected chi connectivity index (χ4v) is 3.26. The topological polar surface area (TPSA) is 90.9 Å². The van der Waals surface area contributed by atoms with Gasteiger partial charge in [0.05, 0.1) is 33.2 Å². The Labute approximate surface area is 144 Å². The first-order valence-electron chi connectivity index (χ1n) is 7.20. The van der Waals surface area contributed by atoms with Crippen LogP contribution >= 0.6 is 11.6 Å². The molecule has 0 spiro atoms. The lowest BCUT2D eigenvalue weighted by atomic mass is 9.84. The molecule has 1 aromatic carbocycles. The molecule has 0 amide bonds. The van der Waals surface area contributed by atoms with Gasteiger partial charge in [-0.25, -0.2) is 0 Å². The van der Waals surface area contributed by atoms with Crippen molar-refractivity contribution in [1.29, 1.82) is 0 Å². The predicted octanol–water partition coefficient (Wildman–Crippen LogP) is 1.10. The van der Waals surface area contributed by atoms with Gasteiger partial charge in [0.2, 0.25) is 0 Å². The Bertz CT molecular complexity index is 649. The summed E-state index contributed by atoms with van der Waals surface area (Å²) in [4.78, 5) is 36.6. The van der Waals surface area contributed by atoms with Gasteiger partial charge in [-0.05, 0) is 11.6 Å². The van der Waals surface area contributed by atoms with Crippen LogP contribution < -0.4 is 5.32 Å². The van der Waals surface area contributed by atoms with Crippen LogP contribution in [0.25, 0.3) is 0 Å². The Balaban J connectivity index is 2.53. The fraction of sp³-hybridized carbons (Fsp3) is 0.438. The maximum absolute atomic E-state index is 12.3. The molecule has 0 aromatic heterocycles. The second-order valence-electron chi connectivity index (χ2n) is 5.26. The van der Waals surface area contributed by atoms with Crippen LogP contribution in [0, 0.1) is 11.8 Å². The third kappa shape index (κ3) is 3.22. The number of hydrogen-bond acceptors (Lipinski definition) is 7. The molecule has 24 heavy (non-hydrogen) atoms. The summed E-state index contributed by atoms with van der Waals surface area (Å²) in [6, 6.07) is 5.11. The number of methoxy groups -OCH3 is 3. The molecule has 1 aliphatic heterocycles. The van der Waals surface area contributed by atoms with Crippen molar-refractivity contribution < 1.29 is 28.6 Å². The average molecular weight is 356 g/mol. The van der Waals surface area contributed by atoms with Gasteiger partial charge in [-0.1, -0.05) is 29.8 Å². The molecular weight excluding hydrogens is 338 g/mol. The quantitative estimate of drug-likeness (QED) is 0.639. The van der Waals surface area contributed by atoms with E-state index in [1.807, 2.05) is 0 Å². The molecule has 0 aliphatic carbocycles. The largest absolute Gasteiger partial charge is 0.469 e. The number of carbonyl (C=O) groups excluding carboxylic acids is 3. The van der Waals surface area contributed by atoms with Crippen LogP contribution in [0.1, 0.15) is 11.6 Å². The van der Waals surface area contributed by atoms with E-state index in [-0.39, 0.29) is 0 Å². The molecule has 0 bridgehead atoms.